The van der Waals surface area contributed by atoms with Gasteiger partial charge < -0.3 is 5.11 Å². The summed E-state index contributed by atoms with van der Waals surface area (Å²) in [6, 6.07) is 21.6. The molecule has 0 aliphatic heterocycles. The Bertz CT molecular complexity index is 660. The fraction of sp³-hybridized carbons (Fsp3) is 0.625. The van der Waals surface area contributed by atoms with E-state index in [1.54, 1.807) is 0 Å². The summed E-state index contributed by atoms with van der Waals surface area (Å²) in [6.07, 6.45) is 17.9. The van der Waals surface area contributed by atoms with Crippen molar-refractivity contribution in [2.45, 2.75) is 129 Å². The van der Waals surface area contributed by atoms with Crippen molar-refractivity contribution in [3.05, 3.63) is 71.8 Å². The smallest absolute Gasteiger partial charge is 0.0695 e. The molecule has 2 aromatic rings. The normalized spacial score (nSPS) is 13.3. The van der Waals surface area contributed by atoms with Crippen molar-refractivity contribution in [1.29, 1.82) is 0 Å². The molecule has 2 nitrogen and oxygen atoms in total. The van der Waals surface area contributed by atoms with E-state index >= 15 is 0 Å². The molecular formula is C32H51NO. The van der Waals surface area contributed by atoms with Crippen LogP contribution in [0.2, 0.25) is 0 Å². The fourth-order valence-corrected chi connectivity index (χ4v) is 5.09. The van der Waals surface area contributed by atoms with Crippen LogP contribution in [0.4, 0.5) is 0 Å². The molecule has 0 saturated carbocycles. The largest absolute Gasteiger partial charge is 0.391 e. The van der Waals surface area contributed by atoms with Crippen LogP contribution in [0.25, 0.3) is 0 Å². The Morgan fingerprint density at radius 3 is 1.41 bits per heavy atom. The average molecular weight is 466 g/mol. The highest BCUT2D eigenvalue weighted by atomic mass is 16.3. The van der Waals surface area contributed by atoms with Crippen LogP contribution in [-0.4, -0.2) is 22.2 Å². The summed E-state index contributed by atoms with van der Waals surface area (Å²) in [5.41, 5.74) is 2.63. The Morgan fingerprint density at radius 1 is 0.588 bits per heavy atom. The second kappa shape index (κ2) is 18.7. The molecule has 0 fully saturated rings. The zero-order valence-electron chi connectivity index (χ0n) is 22.1. The molecule has 2 heteroatoms. The fourth-order valence-electron chi connectivity index (χ4n) is 5.09. The van der Waals surface area contributed by atoms with Crippen molar-refractivity contribution < 1.29 is 5.11 Å². The third kappa shape index (κ3) is 12.2. The van der Waals surface area contributed by atoms with Gasteiger partial charge in [-0.05, 0) is 24.0 Å². The molecule has 0 bridgehead atoms. The van der Waals surface area contributed by atoms with Gasteiger partial charge in [-0.3, -0.25) is 4.90 Å². The van der Waals surface area contributed by atoms with Crippen molar-refractivity contribution in [3.63, 3.8) is 0 Å². The molecule has 1 N–H and O–H groups in total. The maximum atomic E-state index is 11.2. The molecule has 0 radical (unpaired) electrons. The lowest BCUT2D eigenvalue weighted by molar-refractivity contribution is 0.0304. The SMILES string of the molecule is CCCCCCCCCCCCCCC(O)C(CC)N(Cc1ccccc1)Cc1ccccc1. The van der Waals surface area contributed by atoms with E-state index in [0.717, 1.165) is 32.4 Å². The zero-order chi connectivity index (χ0) is 24.3. The Kier molecular flexibility index (Phi) is 15.7. The number of hydrogen-bond donors (Lipinski definition) is 1. The van der Waals surface area contributed by atoms with E-state index < -0.39 is 0 Å². The predicted molar refractivity (Wildman–Crippen MR) is 148 cm³/mol. The third-order valence-corrected chi connectivity index (χ3v) is 7.14. The first kappa shape index (κ1) is 28.6. The predicted octanol–water partition coefficient (Wildman–Crippen LogP) is 8.92. The van der Waals surface area contributed by atoms with Crippen LogP contribution in [0, 0.1) is 0 Å². The van der Waals surface area contributed by atoms with Gasteiger partial charge in [-0.15, -0.1) is 0 Å². The molecule has 2 aromatic carbocycles. The van der Waals surface area contributed by atoms with E-state index in [4.69, 9.17) is 0 Å². The number of aliphatic hydroxyl groups excluding tert-OH is 1. The molecule has 0 aromatic heterocycles. The van der Waals surface area contributed by atoms with Gasteiger partial charge in [-0.25, -0.2) is 0 Å². The van der Waals surface area contributed by atoms with Crippen molar-refractivity contribution in [1.82, 2.24) is 4.90 Å². The van der Waals surface area contributed by atoms with E-state index in [1.807, 2.05) is 0 Å². The highest BCUT2D eigenvalue weighted by Crippen LogP contribution is 2.21. The van der Waals surface area contributed by atoms with Crippen molar-refractivity contribution in [3.8, 4) is 0 Å². The number of benzene rings is 2. The van der Waals surface area contributed by atoms with E-state index in [9.17, 15) is 5.11 Å². The molecular weight excluding hydrogens is 414 g/mol. The summed E-state index contributed by atoms with van der Waals surface area (Å²) < 4.78 is 0. The first-order chi connectivity index (χ1) is 16.7. The van der Waals surface area contributed by atoms with Crippen LogP contribution in [0.5, 0.6) is 0 Å². The second-order valence-electron chi connectivity index (χ2n) is 10.1. The number of hydrogen-bond acceptors (Lipinski definition) is 2. The minimum absolute atomic E-state index is 0.188. The summed E-state index contributed by atoms with van der Waals surface area (Å²) in [7, 11) is 0. The number of aliphatic hydroxyl groups is 1. The minimum Gasteiger partial charge on any atom is -0.391 e. The molecule has 2 atom stereocenters. The molecule has 190 valence electrons. The maximum Gasteiger partial charge on any atom is 0.0695 e. The molecule has 0 saturated heterocycles. The minimum atomic E-state index is -0.263. The molecule has 2 unspecified atom stereocenters. The monoisotopic (exact) mass is 465 g/mol. The van der Waals surface area contributed by atoms with Crippen LogP contribution < -0.4 is 0 Å². The number of rotatable bonds is 20. The number of nitrogens with zero attached hydrogens (tertiary/aromatic N) is 1. The molecule has 0 aliphatic carbocycles. The Hall–Kier alpha value is -1.64. The van der Waals surface area contributed by atoms with Crippen molar-refractivity contribution in [2.24, 2.45) is 0 Å². The maximum absolute atomic E-state index is 11.2. The Balaban J connectivity index is 1.72. The summed E-state index contributed by atoms with van der Waals surface area (Å²) in [4.78, 5) is 2.48. The van der Waals surface area contributed by atoms with Crippen molar-refractivity contribution in [2.75, 3.05) is 0 Å². The first-order valence-corrected chi connectivity index (χ1v) is 14.2. The van der Waals surface area contributed by atoms with Crippen LogP contribution >= 0.6 is 0 Å². The highest BCUT2D eigenvalue weighted by molar-refractivity contribution is 5.17. The van der Waals surface area contributed by atoms with Gasteiger partial charge >= 0.3 is 0 Å². The lowest BCUT2D eigenvalue weighted by Crippen LogP contribution is -2.42. The topological polar surface area (TPSA) is 23.5 Å². The molecule has 0 aliphatic rings. The zero-order valence-corrected chi connectivity index (χ0v) is 22.1. The van der Waals surface area contributed by atoms with E-state index in [1.165, 1.54) is 81.8 Å². The summed E-state index contributed by atoms with van der Waals surface area (Å²) >= 11 is 0. The lowest BCUT2D eigenvalue weighted by Gasteiger charge is -2.34. The summed E-state index contributed by atoms with van der Waals surface area (Å²) in [6.45, 7) is 6.26. The quantitative estimate of drug-likeness (QED) is 0.197. The second-order valence-corrected chi connectivity index (χ2v) is 10.1. The molecule has 34 heavy (non-hydrogen) atoms. The van der Waals surface area contributed by atoms with Crippen LogP contribution in [0.15, 0.2) is 60.7 Å². The van der Waals surface area contributed by atoms with E-state index in [2.05, 4.69) is 79.4 Å². The van der Waals surface area contributed by atoms with E-state index in [-0.39, 0.29) is 12.1 Å². The van der Waals surface area contributed by atoms with Gasteiger partial charge in [-0.2, -0.15) is 0 Å². The molecule has 0 heterocycles. The van der Waals surface area contributed by atoms with Gasteiger partial charge in [0, 0.05) is 19.1 Å². The van der Waals surface area contributed by atoms with Gasteiger partial charge in [0.1, 0.15) is 0 Å². The van der Waals surface area contributed by atoms with Crippen LogP contribution in [0.1, 0.15) is 115 Å². The van der Waals surface area contributed by atoms with Gasteiger partial charge in [0.05, 0.1) is 6.10 Å². The summed E-state index contributed by atoms with van der Waals surface area (Å²) in [5.74, 6) is 0. The van der Waals surface area contributed by atoms with Crippen LogP contribution in [0.3, 0.4) is 0 Å². The van der Waals surface area contributed by atoms with Gasteiger partial charge in [0.2, 0.25) is 0 Å². The number of unbranched alkanes of at least 4 members (excludes halogenated alkanes) is 11. The third-order valence-electron chi connectivity index (χ3n) is 7.14. The Morgan fingerprint density at radius 2 is 1.00 bits per heavy atom. The standard InChI is InChI=1S/C32H51NO/c1-3-5-6-7-8-9-10-11-12-13-14-21-26-32(34)31(4-2)33(27-29-22-17-15-18-23-29)28-30-24-19-16-20-25-30/h15-20,22-25,31-32,34H,3-14,21,26-28H2,1-2H3. The summed E-state index contributed by atoms with van der Waals surface area (Å²) in [5, 5.41) is 11.2. The van der Waals surface area contributed by atoms with E-state index in [0.29, 0.717) is 0 Å². The van der Waals surface area contributed by atoms with Gasteiger partial charge in [0.25, 0.3) is 0 Å². The Labute approximate surface area is 210 Å². The van der Waals surface area contributed by atoms with Gasteiger partial charge in [0.15, 0.2) is 0 Å². The highest BCUT2D eigenvalue weighted by Gasteiger charge is 2.24. The first-order valence-electron chi connectivity index (χ1n) is 14.2. The molecule has 2 rings (SSSR count). The van der Waals surface area contributed by atoms with Crippen molar-refractivity contribution >= 4 is 0 Å². The lowest BCUT2D eigenvalue weighted by atomic mass is 9.98. The van der Waals surface area contributed by atoms with Crippen LogP contribution in [-0.2, 0) is 13.1 Å². The molecule has 0 amide bonds. The van der Waals surface area contributed by atoms with Gasteiger partial charge in [-0.1, -0.05) is 152 Å². The average Bonchev–Trinajstić information content (AvgIpc) is 2.86. The molecule has 0 spiro atoms.